The van der Waals surface area contributed by atoms with E-state index in [4.69, 9.17) is 0 Å². The smallest absolute Gasteiger partial charge is 0.276 e. The molecular formula is C22H21N5O3S. The standard InChI is InChI=1S/C22H21N5O3S/c28-19-3-1-7-27(19)8-2-6-23-21(29)13-4-5-15-14(9-13)10-16(24-15)20-22(30)26-18-12-31-11-17(18)25-20/h4-5,9-12,24H,1-3,6-8H2,(H,23,29)(H,26,30). The number of thiophene rings is 1. The van der Waals surface area contributed by atoms with Crippen molar-refractivity contribution < 1.29 is 9.59 Å². The number of aromatic nitrogens is 3. The molecule has 1 fully saturated rings. The first-order chi connectivity index (χ1) is 15.1. The number of hydrogen-bond acceptors (Lipinski definition) is 5. The van der Waals surface area contributed by atoms with Gasteiger partial charge in [-0.1, -0.05) is 0 Å². The number of fused-ring (bicyclic) bond motifs is 2. The van der Waals surface area contributed by atoms with Crippen LogP contribution in [-0.4, -0.2) is 51.3 Å². The molecule has 158 valence electrons. The number of carbonyl (C=O) groups is 2. The first kappa shape index (κ1) is 19.5. The van der Waals surface area contributed by atoms with Gasteiger partial charge in [0.05, 0.1) is 16.7 Å². The molecule has 0 radical (unpaired) electrons. The second-order valence-electron chi connectivity index (χ2n) is 7.66. The molecule has 4 heterocycles. The molecule has 1 saturated heterocycles. The van der Waals surface area contributed by atoms with Crippen LogP contribution >= 0.6 is 11.3 Å². The van der Waals surface area contributed by atoms with Gasteiger partial charge < -0.3 is 20.2 Å². The molecule has 0 unspecified atom stereocenters. The minimum absolute atomic E-state index is 0.159. The van der Waals surface area contributed by atoms with Crippen LogP contribution < -0.4 is 10.9 Å². The molecule has 1 aliphatic rings. The molecule has 2 amide bonds. The Kier molecular flexibility index (Phi) is 5.03. The van der Waals surface area contributed by atoms with Crippen molar-refractivity contribution in [1.82, 2.24) is 25.2 Å². The van der Waals surface area contributed by atoms with Crippen molar-refractivity contribution in [1.29, 1.82) is 0 Å². The first-order valence-electron chi connectivity index (χ1n) is 10.2. The summed E-state index contributed by atoms with van der Waals surface area (Å²) >= 11 is 1.48. The summed E-state index contributed by atoms with van der Waals surface area (Å²) in [5, 5.41) is 7.49. The molecule has 0 bridgehead atoms. The molecule has 0 spiro atoms. The number of hydrogen-bond donors (Lipinski definition) is 3. The van der Waals surface area contributed by atoms with Crippen LogP contribution in [0.25, 0.3) is 33.3 Å². The molecule has 9 heteroatoms. The van der Waals surface area contributed by atoms with Crippen LogP contribution in [-0.2, 0) is 4.79 Å². The van der Waals surface area contributed by atoms with Gasteiger partial charge in [-0.25, -0.2) is 4.98 Å². The van der Waals surface area contributed by atoms with Gasteiger partial charge in [0.1, 0.15) is 0 Å². The van der Waals surface area contributed by atoms with Crippen LogP contribution in [0.1, 0.15) is 29.6 Å². The monoisotopic (exact) mass is 435 g/mol. The van der Waals surface area contributed by atoms with Crippen LogP contribution in [0.4, 0.5) is 0 Å². The number of rotatable bonds is 6. The number of amides is 2. The Balaban J connectivity index is 1.29. The van der Waals surface area contributed by atoms with E-state index in [9.17, 15) is 14.4 Å². The quantitative estimate of drug-likeness (QED) is 0.404. The zero-order valence-corrected chi connectivity index (χ0v) is 17.6. The Morgan fingerprint density at radius 3 is 2.90 bits per heavy atom. The van der Waals surface area contributed by atoms with Gasteiger partial charge in [-0.3, -0.25) is 14.4 Å². The van der Waals surface area contributed by atoms with Gasteiger partial charge in [0, 0.05) is 53.3 Å². The van der Waals surface area contributed by atoms with Crippen molar-refractivity contribution in [2.24, 2.45) is 0 Å². The molecular weight excluding hydrogens is 414 g/mol. The Morgan fingerprint density at radius 2 is 2.06 bits per heavy atom. The molecule has 0 atom stereocenters. The second-order valence-corrected chi connectivity index (χ2v) is 8.41. The van der Waals surface area contributed by atoms with Gasteiger partial charge in [0.15, 0.2) is 5.69 Å². The predicted octanol–water partition coefficient (Wildman–Crippen LogP) is 2.88. The fourth-order valence-electron chi connectivity index (χ4n) is 3.92. The molecule has 0 saturated carbocycles. The van der Waals surface area contributed by atoms with Crippen molar-refractivity contribution in [3.05, 3.63) is 50.9 Å². The summed E-state index contributed by atoms with van der Waals surface area (Å²) in [7, 11) is 0. The van der Waals surface area contributed by atoms with E-state index in [-0.39, 0.29) is 17.4 Å². The number of H-pyrrole nitrogens is 2. The fraction of sp³-hybridized carbons (Fsp3) is 0.273. The number of likely N-dealkylation sites (tertiary alicyclic amines) is 1. The Morgan fingerprint density at radius 1 is 1.16 bits per heavy atom. The lowest BCUT2D eigenvalue weighted by molar-refractivity contribution is -0.127. The third-order valence-electron chi connectivity index (χ3n) is 5.54. The molecule has 1 aliphatic heterocycles. The van der Waals surface area contributed by atoms with Crippen molar-refractivity contribution in [2.45, 2.75) is 19.3 Å². The summed E-state index contributed by atoms with van der Waals surface area (Å²) < 4.78 is 0. The highest BCUT2D eigenvalue weighted by molar-refractivity contribution is 7.09. The number of aromatic amines is 2. The highest BCUT2D eigenvalue weighted by Gasteiger charge is 2.19. The molecule has 1 aromatic carbocycles. The number of benzene rings is 1. The minimum Gasteiger partial charge on any atom is -0.353 e. The Bertz CT molecular complexity index is 1350. The summed E-state index contributed by atoms with van der Waals surface area (Å²) in [6, 6.07) is 7.21. The van der Waals surface area contributed by atoms with E-state index in [2.05, 4.69) is 20.3 Å². The van der Waals surface area contributed by atoms with Crippen molar-refractivity contribution in [3.8, 4) is 11.4 Å². The largest absolute Gasteiger partial charge is 0.353 e. The van der Waals surface area contributed by atoms with Gasteiger partial charge >= 0.3 is 0 Å². The summed E-state index contributed by atoms with van der Waals surface area (Å²) in [6.07, 6.45) is 2.29. The average Bonchev–Trinajstić information content (AvgIpc) is 3.49. The van der Waals surface area contributed by atoms with E-state index in [1.807, 2.05) is 27.8 Å². The van der Waals surface area contributed by atoms with E-state index in [0.29, 0.717) is 36.5 Å². The van der Waals surface area contributed by atoms with Crippen LogP contribution in [0.2, 0.25) is 0 Å². The van der Waals surface area contributed by atoms with Crippen LogP contribution in [0.3, 0.4) is 0 Å². The summed E-state index contributed by atoms with van der Waals surface area (Å²) in [4.78, 5) is 49.0. The molecule has 3 N–H and O–H groups in total. The number of nitrogens with zero attached hydrogens (tertiary/aromatic N) is 2. The lowest BCUT2D eigenvalue weighted by atomic mass is 10.1. The molecule has 8 nitrogen and oxygen atoms in total. The van der Waals surface area contributed by atoms with Gasteiger partial charge in [-0.05, 0) is 37.1 Å². The van der Waals surface area contributed by atoms with E-state index in [1.165, 1.54) is 11.3 Å². The zero-order chi connectivity index (χ0) is 21.4. The summed E-state index contributed by atoms with van der Waals surface area (Å²) in [5.41, 5.74) is 3.52. The maximum Gasteiger partial charge on any atom is 0.276 e. The SMILES string of the molecule is O=C(NCCCN1CCCC1=O)c1ccc2[nH]c(-c3nc4cscc4[nH]c3=O)cc2c1. The molecule has 4 aromatic rings. The van der Waals surface area contributed by atoms with Gasteiger partial charge in [0.2, 0.25) is 5.91 Å². The normalized spacial score (nSPS) is 14.1. The van der Waals surface area contributed by atoms with Gasteiger partial charge in [0.25, 0.3) is 11.5 Å². The number of nitrogens with one attached hydrogen (secondary N) is 3. The van der Waals surface area contributed by atoms with Crippen LogP contribution in [0.5, 0.6) is 0 Å². The molecule has 3 aromatic heterocycles. The first-order valence-corrected chi connectivity index (χ1v) is 11.2. The highest BCUT2D eigenvalue weighted by Crippen LogP contribution is 2.23. The maximum absolute atomic E-state index is 12.5. The molecule has 31 heavy (non-hydrogen) atoms. The lowest BCUT2D eigenvalue weighted by Gasteiger charge is -2.15. The average molecular weight is 436 g/mol. The Labute approximate surface area is 181 Å². The summed E-state index contributed by atoms with van der Waals surface area (Å²) in [5.74, 6) is 0.0413. The second kappa shape index (κ2) is 7.99. The predicted molar refractivity (Wildman–Crippen MR) is 120 cm³/mol. The van der Waals surface area contributed by atoms with Crippen LogP contribution in [0, 0.1) is 0 Å². The third-order valence-corrected chi connectivity index (χ3v) is 6.27. The van der Waals surface area contributed by atoms with Crippen molar-refractivity contribution in [3.63, 3.8) is 0 Å². The van der Waals surface area contributed by atoms with E-state index < -0.39 is 0 Å². The lowest BCUT2D eigenvalue weighted by Crippen LogP contribution is -2.30. The number of carbonyl (C=O) groups excluding carboxylic acids is 2. The zero-order valence-electron chi connectivity index (χ0n) is 16.7. The minimum atomic E-state index is -0.257. The van der Waals surface area contributed by atoms with Gasteiger partial charge in [-0.2, -0.15) is 0 Å². The van der Waals surface area contributed by atoms with E-state index >= 15 is 0 Å². The summed E-state index contributed by atoms with van der Waals surface area (Å²) in [6.45, 7) is 2.00. The van der Waals surface area contributed by atoms with E-state index in [1.54, 1.807) is 12.1 Å². The highest BCUT2D eigenvalue weighted by atomic mass is 32.1. The van der Waals surface area contributed by atoms with Crippen molar-refractivity contribution in [2.75, 3.05) is 19.6 Å². The van der Waals surface area contributed by atoms with Crippen LogP contribution in [0.15, 0.2) is 39.8 Å². The molecule has 5 rings (SSSR count). The topological polar surface area (TPSA) is 111 Å². The Hall–Kier alpha value is -3.46. The van der Waals surface area contributed by atoms with Crippen molar-refractivity contribution >= 4 is 45.1 Å². The third kappa shape index (κ3) is 3.84. The fourth-order valence-corrected chi connectivity index (χ4v) is 4.61. The van der Waals surface area contributed by atoms with E-state index in [0.717, 1.165) is 41.3 Å². The maximum atomic E-state index is 12.5. The molecule has 0 aliphatic carbocycles. The van der Waals surface area contributed by atoms with Gasteiger partial charge in [-0.15, -0.1) is 11.3 Å².